The molecule has 2 atom stereocenters. The molecule has 0 unspecified atom stereocenters. The summed E-state index contributed by atoms with van der Waals surface area (Å²) in [6.07, 6.45) is 5.62. The first-order valence-electron chi connectivity index (χ1n) is 7.68. The van der Waals surface area contributed by atoms with E-state index in [9.17, 15) is 20.2 Å². The maximum Gasteiger partial charge on any atom is 0.270 e. The quantitative estimate of drug-likeness (QED) is 0.399. The number of hydrogen-bond donors (Lipinski definition) is 1. The van der Waals surface area contributed by atoms with Gasteiger partial charge in [0.1, 0.15) is 11.6 Å². The number of carbonyl (C=O) groups excluding carboxylic acids is 1. The van der Waals surface area contributed by atoms with Gasteiger partial charge in [-0.3, -0.25) is 14.9 Å². The Kier molecular flexibility index (Phi) is 5.47. The van der Waals surface area contributed by atoms with Crippen molar-refractivity contribution in [1.29, 1.82) is 5.26 Å². The van der Waals surface area contributed by atoms with Crippen molar-refractivity contribution in [2.45, 2.75) is 38.6 Å². The van der Waals surface area contributed by atoms with Crippen molar-refractivity contribution in [1.82, 2.24) is 5.32 Å². The number of nitro benzene ring substituents is 1. The molecule has 1 N–H and O–H groups in total. The molecular weight excluding hydrogens is 294 g/mol. The number of nitrogens with one attached hydrogen (secondary N) is 1. The Balaban J connectivity index is 2.15. The molecule has 1 aromatic carbocycles. The third kappa shape index (κ3) is 4.39. The molecule has 1 aromatic rings. The lowest BCUT2D eigenvalue weighted by Gasteiger charge is -2.29. The van der Waals surface area contributed by atoms with Crippen LogP contribution >= 0.6 is 0 Å². The number of nitriles is 1. The van der Waals surface area contributed by atoms with Gasteiger partial charge in [-0.25, -0.2) is 0 Å². The monoisotopic (exact) mass is 313 g/mol. The highest BCUT2D eigenvalue weighted by Gasteiger charge is 2.24. The zero-order valence-corrected chi connectivity index (χ0v) is 13.0. The molecular formula is C17H19N3O3. The van der Waals surface area contributed by atoms with Gasteiger partial charge in [-0.1, -0.05) is 31.9 Å². The van der Waals surface area contributed by atoms with E-state index in [2.05, 4.69) is 12.2 Å². The standard InChI is InChI=1S/C17H19N3O3/c1-12-5-2-3-8-16(12)19-17(21)14(11-18)9-13-6-4-7-15(10-13)20(22)23/h4,6-7,9-10,12,16H,2-3,5,8H2,1H3,(H,19,21)/b14-9+/t12-,16-/m0/s1. The van der Waals surface area contributed by atoms with Crippen molar-refractivity contribution in [3.05, 3.63) is 45.5 Å². The maximum atomic E-state index is 12.3. The van der Waals surface area contributed by atoms with Crippen LogP contribution in [0, 0.1) is 27.4 Å². The fourth-order valence-electron chi connectivity index (χ4n) is 2.82. The van der Waals surface area contributed by atoms with Gasteiger partial charge >= 0.3 is 0 Å². The van der Waals surface area contributed by atoms with E-state index >= 15 is 0 Å². The number of hydrogen-bond acceptors (Lipinski definition) is 4. The van der Waals surface area contributed by atoms with Crippen LogP contribution in [0.15, 0.2) is 29.8 Å². The lowest BCUT2D eigenvalue weighted by molar-refractivity contribution is -0.384. The second kappa shape index (κ2) is 7.54. The van der Waals surface area contributed by atoms with Crippen molar-refractivity contribution in [3.8, 4) is 6.07 Å². The highest BCUT2D eigenvalue weighted by atomic mass is 16.6. The Labute approximate surface area is 135 Å². The van der Waals surface area contributed by atoms with Gasteiger partial charge in [0.25, 0.3) is 11.6 Å². The van der Waals surface area contributed by atoms with Crippen LogP contribution < -0.4 is 5.32 Å². The molecule has 120 valence electrons. The largest absolute Gasteiger partial charge is 0.348 e. The SMILES string of the molecule is C[C@H]1CCCC[C@@H]1NC(=O)/C(C#N)=C/c1cccc([N+](=O)[O-])c1. The minimum atomic E-state index is -0.507. The second-order valence-electron chi connectivity index (χ2n) is 5.86. The van der Waals surface area contributed by atoms with Crippen LogP contribution in [0.1, 0.15) is 38.2 Å². The highest BCUT2D eigenvalue weighted by molar-refractivity contribution is 6.01. The molecule has 1 saturated carbocycles. The lowest BCUT2D eigenvalue weighted by Crippen LogP contribution is -2.41. The lowest BCUT2D eigenvalue weighted by atomic mass is 9.86. The Morgan fingerprint density at radius 2 is 2.17 bits per heavy atom. The van der Waals surface area contributed by atoms with Crippen LogP contribution in [0.3, 0.4) is 0 Å². The van der Waals surface area contributed by atoms with Crippen LogP contribution in [0.2, 0.25) is 0 Å². The molecule has 6 nitrogen and oxygen atoms in total. The van der Waals surface area contributed by atoms with E-state index < -0.39 is 10.8 Å². The minimum Gasteiger partial charge on any atom is -0.348 e. The van der Waals surface area contributed by atoms with Crippen molar-refractivity contribution in [3.63, 3.8) is 0 Å². The molecule has 0 radical (unpaired) electrons. The first-order chi connectivity index (χ1) is 11.0. The molecule has 2 rings (SSSR count). The molecule has 0 aromatic heterocycles. The number of benzene rings is 1. The molecule has 6 heteroatoms. The summed E-state index contributed by atoms with van der Waals surface area (Å²) >= 11 is 0. The molecule has 23 heavy (non-hydrogen) atoms. The van der Waals surface area contributed by atoms with Crippen molar-refractivity contribution in [2.24, 2.45) is 5.92 Å². The van der Waals surface area contributed by atoms with Crippen LogP contribution in [0.4, 0.5) is 5.69 Å². The van der Waals surface area contributed by atoms with Crippen molar-refractivity contribution < 1.29 is 9.72 Å². The molecule has 1 aliphatic rings. The number of non-ortho nitro benzene ring substituents is 1. The summed E-state index contributed by atoms with van der Waals surface area (Å²) in [7, 11) is 0. The van der Waals surface area contributed by atoms with E-state index in [1.165, 1.54) is 30.7 Å². The van der Waals surface area contributed by atoms with Gasteiger partial charge in [0, 0.05) is 18.2 Å². The third-order valence-electron chi connectivity index (χ3n) is 4.19. The Morgan fingerprint density at radius 3 is 2.83 bits per heavy atom. The summed E-state index contributed by atoms with van der Waals surface area (Å²) in [6.45, 7) is 2.10. The van der Waals surface area contributed by atoms with Crippen LogP contribution in [0.5, 0.6) is 0 Å². The predicted octanol–water partition coefficient (Wildman–Crippen LogP) is 3.20. The zero-order valence-electron chi connectivity index (χ0n) is 13.0. The summed E-state index contributed by atoms with van der Waals surface area (Å²) in [5, 5.41) is 22.9. The molecule has 0 saturated heterocycles. The van der Waals surface area contributed by atoms with Crippen molar-refractivity contribution >= 4 is 17.7 Å². The summed E-state index contributed by atoms with van der Waals surface area (Å²) in [4.78, 5) is 22.6. The van der Waals surface area contributed by atoms with Gasteiger partial charge in [0.15, 0.2) is 0 Å². The van der Waals surface area contributed by atoms with Crippen LogP contribution in [-0.4, -0.2) is 16.9 Å². The fraction of sp³-hybridized carbons (Fsp3) is 0.412. The molecule has 0 aliphatic heterocycles. The van der Waals surface area contributed by atoms with Gasteiger partial charge in [0.2, 0.25) is 0 Å². The zero-order chi connectivity index (χ0) is 16.8. The molecule has 0 heterocycles. The van der Waals surface area contributed by atoms with E-state index in [1.54, 1.807) is 6.07 Å². The Hall–Kier alpha value is -2.68. The number of rotatable bonds is 4. The Bertz CT molecular complexity index is 676. The van der Waals surface area contributed by atoms with Gasteiger partial charge in [-0.2, -0.15) is 5.26 Å². The average molecular weight is 313 g/mol. The van der Waals surface area contributed by atoms with E-state index in [0.717, 1.165) is 19.3 Å². The number of nitrogens with zero attached hydrogens (tertiary/aromatic N) is 2. The van der Waals surface area contributed by atoms with Gasteiger partial charge in [-0.15, -0.1) is 0 Å². The van der Waals surface area contributed by atoms with Gasteiger partial charge < -0.3 is 5.32 Å². The smallest absolute Gasteiger partial charge is 0.270 e. The molecule has 1 amide bonds. The molecule has 1 aliphatic carbocycles. The second-order valence-corrected chi connectivity index (χ2v) is 5.86. The third-order valence-corrected chi connectivity index (χ3v) is 4.19. The number of amides is 1. The topological polar surface area (TPSA) is 96.0 Å². The summed E-state index contributed by atoms with van der Waals surface area (Å²) in [5.41, 5.74) is 0.350. The summed E-state index contributed by atoms with van der Waals surface area (Å²) in [6, 6.07) is 7.83. The van der Waals surface area contributed by atoms with E-state index in [1.807, 2.05) is 6.07 Å². The predicted molar refractivity (Wildman–Crippen MR) is 86.2 cm³/mol. The molecule has 1 fully saturated rings. The van der Waals surface area contributed by atoms with E-state index in [4.69, 9.17) is 0 Å². The first-order valence-corrected chi connectivity index (χ1v) is 7.68. The van der Waals surface area contributed by atoms with E-state index in [-0.39, 0.29) is 17.3 Å². The first kappa shape index (κ1) is 16.7. The summed E-state index contributed by atoms with van der Waals surface area (Å²) < 4.78 is 0. The number of carbonyl (C=O) groups is 1. The normalized spacial score (nSPS) is 21.3. The van der Waals surface area contributed by atoms with Crippen LogP contribution in [-0.2, 0) is 4.79 Å². The Morgan fingerprint density at radius 1 is 1.43 bits per heavy atom. The van der Waals surface area contributed by atoms with Gasteiger partial charge in [-0.05, 0) is 30.4 Å². The summed E-state index contributed by atoms with van der Waals surface area (Å²) in [5.74, 6) is -0.0248. The van der Waals surface area contributed by atoms with Gasteiger partial charge in [0.05, 0.1) is 4.92 Å². The highest BCUT2D eigenvalue weighted by Crippen LogP contribution is 2.24. The molecule has 0 spiro atoms. The average Bonchev–Trinajstić information content (AvgIpc) is 2.55. The number of nitro groups is 1. The maximum absolute atomic E-state index is 12.3. The van der Waals surface area contributed by atoms with E-state index in [0.29, 0.717) is 11.5 Å². The van der Waals surface area contributed by atoms with Crippen LogP contribution in [0.25, 0.3) is 6.08 Å². The van der Waals surface area contributed by atoms with Crippen molar-refractivity contribution in [2.75, 3.05) is 0 Å². The molecule has 0 bridgehead atoms. The minimum absolute atomic E-state index is 0.0386. The fourth-order valence-corrected chi connectivity index (χ4v) is 2.82.